The van der Waals surface area contributed by atoms with Gasteiger partial charge < -0.3 is 10.6 Å². The molecule has 170 valence electrons. The van der Waals surface area contributed by atoms with Gasteiger partial charge in [-0.15, -0.1) is 0 Å². The van der Waals surface area contributed by atoms with Gasteiger partial charge in [-0.25, -0.2) is 9.86 Å². The average Bonchev–Trinajstić information content (AvgIpc) is 2.86. The van der Waals surface area contributed by atoms with Crippen molar-refractivity contribution < 1.29 is 19.2 Å². The van der Waals surface area contributed by atoms with Crippen LogP contribution in [-0.2, 0) is 34.0 Å². The van der Waals surface area contributed by atoms with E-state index in [9.17, 15) is 14.4 Å². The summed E-state index contributed by atoms with van der Waals surface area (Å²) in [5.41, 5.74) is 2.32. The lowest BCUT2D eigenvalue weighted by Gasteiger charge is -2.22. The number of ketones is 1. The van der Waals surface area contributed by atoms with E-state index in [2.05, 4.69) is 15.6 Å². The van der Waals surface area contributed by atoms with Crippen molar-refractivity contribution in [3.05, 3.63) is 102 Å². The molecule has 0 saturated carbocycles. The van der Waals surface area contributed by atoms with Gasteiger partial charge in [0.05, 0.1) is 12.2 Å². The number of Topliss-reactive ketones (excluding diaryl/α,β-unsaturated/α-hetero) is 1. The smallest absolute Gasteiger partial charge is 0.341 e. The quantitative estimate of drug-likeness (QED) is 0.368. The minimum Gasteiger partial charge on any atom is -0.344 e. The number of nitrogens with zero attached hydrogens (tertiary/aromatic N) is 2. The first-order valence-corrected chi connectivity index (χ1v) is 10.5. The fraction of sp³-hybridized carbons (Fsp3) is 0.200. The molecule has 33 heavy (non-hydrogen) atoms. The number of rotatable bonds is 10. The highest BCUT2D eigenvalue weighted by Gasteiger charge is 2.28. The molecule has 2 aromatic carbocycles. The van der Waals surface area contributed by atoms with E-state index in [1.165, 1.54) is 7.05 Å². The summed E-state index contributed by atoms with van der Waals surface area (Å²) in [5.74, 6) is -1.55. The monoisotopic (exact) mass is 446 g/mol. The van der Waals surface area contributed by atoms with E-state index in [0.717, 1.165) is 16.2 Å². The molecule has 8 nitrogen and oxygen atoms in total. The molecule has 3 aromatic rings. The second-order valence-electron chi connectivity index (χ2n) is 7.32. The molecule has 0 aliphatic carbocycles. The summed E-state index contributed by atoms with van der Waals surface area (Å²) >= 11 is 0. The Hall–Kier alpha value is -4.04. The Morgan fingerprint density at radius 3 is 2.18 bits per heavy atom. The van der Waals surface area contributed by atoms with Gasteiger partial charge in [0, 0.05) is 19.7 Å². The van der Waals surface area contributed by atoms with Crippen LogP contribution in [0.25, 0.3) is 0 Å². The molecule has 0 radical (unpaired) electrons. The Balaban J connectivity index is 1.63. The van der Waals surface area contributed by atoms with Gasteiger partial charge in [-0.3, -0.25) is 19.4 Å². The molecule has 0 aliphatic rings. The minimum atomic E-state index is -1.06. The third kappa shape index (κ3) is 7.55. The SMILES string of the molecule is CN(OCc1ccccc1)C(=O)N[C@H](Cc1ccccc1)C(=O)C(=O)NCc1ccccn1. The number of hydroxylamine groups is 2. The molecule has 1 heterocycles. The number of hydrogen-bond donors (Lipinski definition) is 2. The van der Waals surface area contributed by atoms with Crippen molar-refractivity contribution in [1.29, 1.82) is 0 Å². The van der Waals surface area contributed by atoms with Gasteiger partial charge in [0.15, 0.2) is 0 Å². The van der Waals surface area contributed by atoms with Crippen molar-refractivity contribution >= 4 is 17.7 Å². The highest BCUT2D eigenvalue weighted by Crippen LogP contribution is 2.07. The predicted molar refractivity (Wildman–Crippen MR) is 123 cm³/mol. The van der Waals surface area contributed by atoms with Crippen LogP contribution in [0.3, 0.4) is 0 Å². The van der Waals surface area contributed by atoms with E-state index < -0.39 is 23.8 Å². The summed E-state index contributed by atoms with van der Waals surface area (Å²) in [7, 11) is 1.45. The van der Waals surface area contributed by atoms with Crippen LogP contribution in [0.15, 0.2) is 85.1 Å². The maximum atomic E-state index is 12.9. The first-order chi connectivity index (χ1) is 16.0. The Labute approximate surface area is 192 Å². The van der Waals surface area contributed by atoms with Gasteiger partial charge >= 0.3 is 6.03 Å². The average molecular weight is 447 g/mol. The second-order valence-corrected chi connectivity index (χ2v) is 7.32. The van der Waals surface area contributed by atoms with Crippen molar-refractivity contribution in [2.75, 3.05) is 7.05 Å². The molecule has 0 aliphatic heterocycles. The van der Waals surface area contributed by atoms with E-state index in [0.29, 0.717) is 5.69 Å². The zero-order valence-electron chi connectivity index (χ0n) is 18.3. The standard InChI is InChI=1S/C25H26N4O4/c1-29(33-18-20-12-6-3-7-13-20)25(32)28-22(16-19-10-4-2-5-11-19)23(30)24(31)27-17-21-14-8-9-15-26-21/h2-15,22H,16-18H2,1H3,(H,27,31)(H,28,32)/t22-/m1/s1. The van der Waals surface area contributed by atoms with Crippen molar-refractivity contribution in [3.8, 4) is 0 Å². The number of benzene rings is 2. The summed E-state index contributed by atoms with van der Waals surface area (Å²) < 4.78 is 0. The molecule has 3 amide bonds. The van der Waals surface area contributed by atoms with E-state index in [4.69, 9.17) is 4.84 Å². The van der Waals surface area contributed by atoms with Crippen LogP contribution in [0.4, 0.5) is 4.79 Å². The van der Waals surface area contributed by atoms with Gasteiger partial charge in [-0.2, -0.15) is 0 Å². The Morgan fingerprint density at radius 2 is 1.55 bits per heavy atom. The van der Waals surface area contributed by atoms with Gasteiger partial charge in [0.1, 0.15) is 12.6 Å². The normalized spacial score (nSPS) is 11.3. The van der Waals surface area contributed by atoms with Crippen molar-refractivity contribution in [2.45, 2.75) is 25.6 Å². The summed E-state index contributed by atoms with van der Waals surface area (Å²) in [6.07, 6.45) is 1.77. The molecule has 0 fully saturated rings. The van der Waals surface area contributed by atoms with E-state index in [-0.39, 0.29) is 19.6 Å². The molecule has 1 atom stereocenters. The minimum absolute atomic E-state index is 0.109. The number of urea groups is 1. The first kappa shape index (κ1) is 23.6. The molecular weight excluding hydrogens is 420 g/mol. The Bertz CT molecular complexity index is 1050. The van der Waals surface area contributed by atoms with Gasteiger partial charge in [0.25, 0.3) is 5.91 Å². The van der Waals surface area contributed by atoms with Gasteiger partial charge in [-0.1, -0.05) is 66.7 Å². The van der Waals surface area contributed by atoms with Crippen LogP contribution >= 0.6 is 0 Å². The van der Waals surface area contributed by atoms with Crippen LogP contribution in [0.5, 0.6) is 0 Å². The zero-order chi connectivity index (χ0) is 23.5. The number of carbonyl (C=O) groups is 3. The lowest BCUT2D eigenvalue weighted by Crippen LogP contribution is -2.51. The van der Waals surface area contributed by atoms with Gasteiger partial charge in [-0.05, 0) is 23.3 Å². The van der Waals surface area contributed by atoms with Gasteiger partial charge in [0.2, 0.25) is 5.78 Å². The highest BCUT2D eigenvalue weighted by molar-refractivity contribution is 6.38. The second kappa shape index (κ2) is 12.1. The van der Waals surface area contributed by atoms with Crippen molar-refractivity contribution in [2.24, 2.45) is 0 Å². The lowest BCUT2D eigenvalue weighted by molar-refractivity contribution is -0.139. The molecule has 8 heteroatoms. The summed E-state index contributed by atoms with van der Waals surface area (Å²) in [4.78, 5) is 47.7. The van der Waals surface area contributed by atoms with Crippen molar-refractivity contribution in [3.63, 3.8) is 0 Å². The molecular formula is C25H26N4O4. The van der Waals surface area contributed by atoms with Crippen molar-refractivity contribution in [1.82, 2.24) is 20.7 Å². The van der Waals surface area contributed by atoms with Crippen LogP contribution in [0.1, 0.15) is 16.8 Å². The molecule has 0 bridgehead atoms. The van der Waals surface area contributed by atoms with Crippen LogP contribution in [0.2, 0.25) is 0 Å². The molecule has 1 aromatic heterocycles. The predicted octanol–water partition coefficient (Wildman–Crippen LogP) is 2.65. The van der Waals surface area contributed by atoms with Crippen LogP contribution in [-0.4, -0.2) is 40.9 Å². The topological polar surface area (TPSA) is 101 Å². The van der Waals surface area contributed by atoms with E-state index >= 15 is 0 Å². The third-order valence-electron chi connectivity index (χ3n) is 4.83. The largest absolute Gasteiger partial charge is 0.344 e. The Morgan fingerprint density at radius 1 is 0.909 bits per heavy atom. The fourth-order valence-corrected chi connectivity index (χ4v) is 3.02. The first-order valence-electron chi connectivity index (χ1n) is 10.5. The Kier molecular flexibility index (Phi) is 8.67. The van der Waals surface area contributed by atoms with Crippen LogP contribution < -0.4 is 10.6 Å². The maximum Gasteiger partial charge on any atom is 0.341 e. The number of nitrogens with one attached hydrogen (secondary N) is 2. The highest BCUT2D eigenvalue weighted by atomic mass is 16.7. The fourth-order valence-electron chi connectivity index (χ4n) is 3.02. The molecule has 2 N–H and O–H groups in total. The summed E-state index contributed by atoms with van der Waals surface area (Å²) in [6, 6.07) is 22.1. The lowest BCUT2D eigenvalue weighted by atomic mass is 10.0. The van der Waals surface area contributed by atoms with E-state index in [1.807, 2.05) is 60.7 Å². The number of aromatic nitrogens is 1. The molecule has 0 spiro atoms. The number of amides is 3. The zero-order valence-corrected chi connectivity index (χ0v) is 18.3. The molecule has 0 saturated heterocycles. The van der Waals surface area contributed by atoms with E-state index in [1.54, 1.807) is 24.4 Å². The third-order valence-corrected chi connectivity index (χ3v) is 4.83. The number of pyridine rings is 1. The summed E-state index contributed by atoms with van der Waals surface area (Å²) in [5, 5.41) is 6.20. The number of hydrogen-bond acceptors (Lipinski definition) is 5. The number of carbonyl (C=O) groups excluding carboxylic acids is 3. The maximum absolute atomic E-state index is 12.9. The molecule has 0 unspecified atom stereocenters. The van der Waals surface area contributed by atoms with Crippen LogP contribution in [0, 0.1) is 0 Å². The molecule has 3 rings (SSSR count). The summed E-state index contributed by atoms with van der Waals surface area (Å²) in [6.45, 7) is 0.296.